The molecule has 0 heterocycles. The number of carboxylic acid groups (broad SMARTS) is 1. The molecule has 0 saturated heterocycles. The molecule has 0 bridgehead atoms. The van der Waals surface area contributed by atoms with Crippen LogP contribution in [0.15, 0.2) is 18.2 Å². The third kappa shape index (κ3) is 4.03. The third-order valence-electron chi connectivity index (χ3n) is 2.16. The van der Waals surface area contributed by atoms with E-state index in [9.17, 15) is 19.7 Å². The average molecular weight is 268 g/mol. The van der Waals surface area contributed by atoms with Crippen LogP contribution in [0.1, 0.15) is 17.3 Å². The summed E-state index contributed by atoms with van der Waals surface area (Å²) in [4.78, 5) is 32.3. The van der Waals surface area contributed by atoms with Gasteiger partial charge < -0.3 is 15.2 Å². The minimum Gasteiger partial charge on any atom is -0.478 e. The number of carbonyl (C=O) groups excluding carboxylic acids is 1. The summed E-state index contributed by atoms with van der Waals surface area (Å²) in [6, 6.07) is 3.12. The number of nitrogens with zero attached hydrogens (tertiary/aromatic N) is 1. The second-order valence-electron chi connectivity index (χ2n) is 3.48. The molecule has 0 unspecified atom stereocenters. The maximum absolute atomic E-state index is 11.4. The van der Waals surface area contributed by atoms with E-state index in [1.807, 2.05) is 0 Å². The van der Waals surface area contributed by atoms with E-state index in [2.05, 4.69) is 5.32 Å². The van der Waals surface area contributed by atoms with Gasteiger partial charge in [-0.05, 0) is 13.0 Å². The first-order chi connectivity index (χ1) is 8.95. The van der Waals surface area contributed by atoms with Gasteiger partial charge in [-0.2, -0.15) is 0 Å². The van der Waals surface area contributed by atoms with Crippen molar-refractivity contribution in [1.82, 2.24) is 0 Å². The van der Waals surface area contributed by atoms with Crippen molar-refractivity contribution in [2.24, 2.45) is 0 Å². The highest BCUT2D eigenvalue weighted by molar-refractivity contribution is 6.01. The number of benzene rings is 1. The minimum atomic E-state index is -1.29. The van der Waals surface area contributed by atoms with Crippen molar-refractivity contribution in [3.8, 4) is 0 Å². The number of hydrogen-bond acceptors (Lipinski definition) is 5. The van der Waals surface area contributed by atoms with Crippen LogP contribution in [0.4, 0.5) is 11.4 Å². The molecule has 0 atom stereocenters. The molecule has 0 saturated carbocycles. The third-order valence-corrected chi connectivity index (χ3v) is 2.16. The lowest BCUT2D eigenvalue weighted by Gasteiger charge is -2.08. The number of nitro groups is 1. The molecule has 8 nitrogen and oxygen atoms in total. The predicted molar refractivity (Wildman–Crippen MR) is 65.2 cm³/mol. The van der Waals surface area contributed by atoms with Gasteiger partial charge in [0.15, 0.2) is 0 Å². The SMILES string of the molecule is CCOCC(=O)Nc1cc([N+](=O)[O-])ccc1C(=O)O. The molecular weight excluding hydrogens is 256 g/mol. The molecule has 0 fully saturated rings. The van der Waals surface area contributed by atoms with Gasteiger partial charge in [0, 0.05) is 18.7 Å². The second kappa shape index (κ2) is 6.45. The molecule has 0 aromatic heterocycles. The fourth-order valence-electron chi connectivity index (χ4n) is 1.32. The number of anilines is 1. The molecule has 1 amide bonds. The van der Waals surface area contributed by atoms with Crippen LogP contribution in [-0.2, 0) is 9.53 Å². The van der Waals surface area contributed by atoms with Crippen LogP contribution in [-0.4, -0.2) is 35.1 Å². The summed E-state index contributed by atoms with van der Waals surface area (Å²) in [7, 11) is 0. The summed E-state index contributed by atoms with van der Waals surface area (Å²) in [6.07, 6.45) is 0. The Labute approximate surface area is 108 Å². The Hall–Kier alpha value is -2.48. The topological polar surface area (TPSA) is 119 Å². The maximum Gasteiger partial charge on any atom is 0.337 e. The molecule has 1 rings (SSSR count). The van der Waals surface area contributed by atoms with E-state index >= 15 is 0 Å². The fraction of sp³-hybridized carbons (Fsp3) is 0.273. The second-order valence-corrected chi connectivity index (χ2v) is 3.48. The van der Waals surface area contributed by atoms with Gasteiger partial charge in [-0.25, -0.2) is 4.79 Å². The molecule has 1 aromatic rings. The summed E-state index contributed by atoms with van der Waals surface area (Å²) in [5.41, 5.74) is -0.668. The molecule has 8 heteroatoms. The van der Waals surface area contributed by atoms with E-state index in [0.717, 1.165) is 18.2 Å². The van der Waals surface area contributed by atoms with E-state index in [1.165, 1.54) is 0 Å². The molecular formula is C11H12N2O6. The van der Waals surface area contributed by atoms with Gasteiger partial charge in [0.1, 0.15) is 6.61 Å². The van der Waals surface area contributed by atoms with Crippen molar-refractivity contribution in [1.29, 1.82) is 0 Å². The van der Waals surface area contributed by atoms with Crippen LogP contribution in [0, 0.1) is 10.1 Å². The highest BCUT2D eigenvalue weighted by Gasteiger charge is 2.17. The highest BCUT2D eigenvalue weighted by Crippen LogP contribution is 2.22. The van der Waals surface area contributed by atoms with Gasteiger partial charge in [0.2, 0.25) is 5.91 Å². The number of ether oxygens (including phenoxy) is 1. The Morgan fingerprint density at radius 3 is 2.68 bits per heavy atom. The first kappa shape index (κ1) is 14.6. The van der Waals surface area contributed by atoms with Gasteiger partial charge >= 0.3 is 5.97 Å². The van der Waals surface area contributed by atoms with Crippen LogP contribution < -0.4 is 5.32 Å². The number of nitrogens with one attached hydrogen (secondary N) is 1. The van der Waals surface area contributed by atoms with Gasteiger partial charge in [-0.15, -0.1) is 0 Å². The summed E-state index contributed by atoms with van der Waals surface area (Å²) < 4.78 is 4.85. The van der Waals surface area contributed by atoms with Crippen LogP contribution in [0.2, 0.25) is 0 Å². The lowest BCUT2D eigenvalue weighted by Crippen LogP contribution is -2.20. The molecule has 19 heavy (non-hydrogen) atoms. The Bertz CT molecular complexity index is 514. The number of non-ortho nitro benzene ring substituents is 1. The number of rotatable bonds is 6. The zero-order chi connectivity index (χ0) is 14.4. The average Bonchev–Trinajstić information content (AvgIpc) is 2.35. The quantitative estimate of drug-likeness (QED) is 0.592. The lowest BCUT2D eigenvalue weighted by atomic mass is 10.1. The maximum atomic E-state index is 11.4. The minimum absolute atomic E-state index is 0.133. The molecule has 0 radical (unpaired) electrons. The van der Waals surface area contributed by atoms with E-state index < -0.39 is 16.8 Å². The van der Waals surface area contributed by atoms with Crippen molar-refractivity contribution in [2.45, 2.75) is 6.92 Å². The first-order valence-corrected chi connectivity index (χ1v) is 5.35. The number of hydrogen-bond donors (Lipinski definition) is 2. The Balaban J connectivity index is 3.01. The van der Waals surface area contributed by atoms with E-state index in [-0.39, 0.29) is 23.5 Å². The number of aromatic carboxylic acids is 1. The number of carboxylic acids is 1. The van der Waals surface area contributed by atoms with Crippen molar-refractivity contribution in [3.63, 3.8) is 0 Å². The summed E-state index contributed by atoms with van der Waals surface area (Å²) >= 11 is 0. The standard InChI is InChI=1S/C11H12N2O6/c1-2-19-6-10(14)12-9-5-7(13(17)18)3-4-8(9)11(15)16/h3-5H,2,6H2,1H3,(H,12,14)(H,15,16). The molecule has 0 aliphatic rings. The Kier molecular flexibility index (Phi) is 4.95. The van der Waals surface area contributed by atoms with Gasteiger partial charge in [0.25, 0.3) is 5.69 Å². The lowest BCUT2D eigenvalue weighted by molar-refractivity contribution is -0.384. The van der Waals surface area contributed by atoms with Crippen LogP contribution in [0.3, 0.4) is 0 Å². The van der Waals surface area contributed by atoms with Crippen LogP contribution >= 0.6 is 0 Å². The first-order valence-electron chi connectivity index (χ1n) is 5.35. The fourth-order valence-corrected chi connectivity index (χ4v) is 1.32. The predicted octanol–water partition coefficient (Wildman–Crippen LogP) is 1.27. The number of nitro benzene ring substituents is 1. The molecule has 0 aliphatic carbocycles. The Morgan fingerprint density at radius 1 is 1.47 bits per heavy atom. The van der Waals surface area contributed by atoms with Crippen molar-refractivity contribution < 1.29 is 24.4 Å². The number of amides is 1. The van der Waals surface area contributed by atoms with E-state index in [0.29, 0.717) is 6.61 Å². The smallest absolute Gasteiger partial charge is 0.337 e. The summed E-state index contributed by atoms with van der Waals surface area (Å²) in [5.74, 6) is -1.87. The normalized spacial score (nSPS) is 9.95. The number of carbonyl (C=O) groups is 2. The summed E-state index contributed by atoms with van der Waals surface area (Å²) in [5, 5.41) is 21.8. The van der Waals surface area contributed by atoms with E-state index in [1.54, 1.807) is 6.92 Å². The molecule has 0 spiro atoms. The largest absolute Gasteiger partial charge is 0.478 e. The zero-order valence-corrected chi connectivity index (χ0v) is 10.1. The van der Waals surface area contributed by atoms with Gasteiger partial charge in [0.05, 0.1) is 16.2 Å². The molecule has 1 aromatic carbocycles. The van der Waals surface area contributed by atoms with Crippen LogP contribution in [0.25, 0.3) is 0 Å². The monoisotopic (exact) mass is 268 g/mol. The summed E-state index contributed by atoms with van der Waals surface area (Å²) in [6.45, 7) is 1.77. The van der Waals surface area contributed by atoms with Crippen molar-refractivity contribution in [2.75, 3.05) is 18.5 Å². The van der Waals surface area contributed by atoms with Crippen molar-refractivity contribution >= 4 is 23.3 Å². The molecule has 2 N–H and O–H groups in total. The molecule has 102 valence electrons. The highest BCUT2D eigenvalue weighted by atomic mass is 16.6. The van der Waals surface area contributed by atoms with Crippen LogP contribution in [0.5, 0.6) is 0 Å². The van der Waals surface area contributed by atoms with Crippen molar-refractivity contribution in [3.05, 3.63) is 33.9 Å². The zero-order valence-electron chi connectivity index (χ0n) is 10.1. The van der Waals surface area contributed by atoms with E-state index in [4.69, 9.17) is 9.84 Å². The van der Waals surface area contributed by atoms with Gasteiger partial charge in [-0.1, -0.05) is 0 Å². The van der Waals surface area contributed by atoms with Gasteiger partial charge in [-0.3, -0.25) is 14.9 Å². The molecule has 0 aliphatic heterocycles. The Morgan fingerprint density at radius 2 is 2.16 bits per heavy atom.